The van der Waals surface area contributed by atoms with Crippen LogP contribution in [0.4, 0.5) is 5.69 Å². The molecule has 0 spiro atoms. The standard InChI is InChI=1S/C22H25BrN4O3S/c1-13-6-7-18(19(8-13)29-5)30-11-20-25-26-22(27(20)4)31-12-21(28)24-17-10-15(3)14(2)9-16(17)23/h6-10H,11-12H2,1-5H3,(H,24,28). The topological polar surface area (TPSA) is 78.3 Å². The van der Waals surface area contributed by atoms with Crippen LogP contribution in [-0.4, -0.2) is 33.5 Å². The van der Waals surface area contributed by atoms with Crippen molar-refractivity contribution in [3.8, 4) is 11.5 Å². The summed E-state index contributed by atoms with van der Waals surface area (Å²) in [6.07, 6.45) is 0. The van der Waals surface area contributed by atoms with E-state index >= 15 is 0 Å². The molecule has 1 aromatic heterocycles. The number of thioether (sulfide) groups is 1. The van der Waals surface area contributed by atoms with Crippen LogP contribution in [0, 0.1) is 20.8 Å². The Morgan fingerprint density at radius 2 is 1.87 bits per heavy atom. The number of carbonyl (C=O) groups is 1. The first kappa shape index (κ1) is 23.1. The van der Waals surface area contributed by atoms with Crippen LogP contribution in [0.25, 0.3) is 0 Å². The molecule has 2 aromatic carbocycles. The third-order valence-electron chi connectivity index (χ3n) is 4.79. The van der Waals surface area contributed by atoms with E-state index in [2.05, 4.69) is 31.4 Å². The first-order valence-corrected chi connectivity index (χ1v) is 11.4. The Balaban J connectivity index is 1.58. The van der Waals surface area contributed by atoms with Crippen molar-refractivity contribution in [2.45, 2.75) is 32.5 Å². The maximum atomic E-state index is 12.4. The van der Waals surface area contributed by atoms with Gasteiger partial charge < -0.3 is 19.4 Å². The highest BCUT2D eigenvalue weighted by molar-refractivity contribution is 9.10. The Labute approximate surface area is 194 Å². The van der Waals surface area contributed by atoms with Crippen molar-refractivity contribution in [3.05, 3.63) is 57.3 Å². The zero-order valence-corrected chi connectivity index (χ0v) is 20.6. The van der Waals surface area contributed by atoms with Crippen molar-refractivity contribution in [3.63, 3.8) is 0 Å². The van der Waals surface area contributed by atoms with E-state index in [4.69, 9.17) is 9.47 Å². The Morgan fingerprint density at radius 1 is 1.13 bits per heavy atom. The second kappa shape index (κ2) is 10.2. The third kappa shape index (κ3) is 5.80. The average Bonchev–Trinajstić information content (AvgIpc) is 3.09. The Hall–Kier alpha value is -2.52. The summed E-state index contributed by atoms with van der Waals surface area (Å²) in [5.74, 6) is 2.08. The van der Waals surface area contributed by atoms with Crippen molar-refractivity contribution < 1.29 is 14.3 Å². The van der Waals surface area contributed by atoms with Gasteiger partial charge in [-0.05, 0) is 77.7 Å². The van der Waals surface area contributed by atoms with Crippen LogP contribution in [0.1, 0.15) is 22.5 Å². The van der Waals surface area contributed by atoms with Gasteiger partial charge in [-0.15, -0.1) is 10.2 Å². The summed E-state index contributed by atoms with van der Waals surface area (Å²) < 4.78 is 13.9. The molecule has 0 unspecified atom stereocenters. The van der Waals surface area contributed by atoms with Crippen LogP contribution in [0.5, 0.6) is 11.5 Å². The maximum Gasteiger partial charge on any atom is 0.234 e. The minimum atomic E-state index is -0.112. The fourth-order valence-electron chi connectivity index (χ4n) is 2.83. The number of ether oxygens (including phenoxy) is 2. The third-order valence-corrected chi connectivity index (χ3v) is 6.47. The fraction of sp³-hybridized carbons (Fsp3) is 0.318. The van der Waals surface area contributed by atoms with E-state index in [9.17, 15) is 4.79 Å². The van der Waals surface area contributed by atoms with Gasteiger partial charge in [-0.3, -0.25) is 4.79 Å². The van der Waals surface area contributed by atoms with Gasteiger partial charge >= 0.3 is 0 Å². The highest BCUT2D eigenvalue weighted by Crippen LogP contribution is 2.29. The lowest BCUT2D eigenvalue weighted by molar-refractivity contribution is -0.113. The summed E-state index contributed by atoms with van der Waals surface area (Å²) in [5.41, 5.74) is 4.13. The van der Waals surface area contributed by atoms with E-state index in [1.165, 1.54) is 11.8 Å². The summed E-state index contributed by atoms with van der Waals surface area (Å²) in [4.78, 5) is 12.4. The first-order chi connectivity index (χ1) is 14.8. The first-order valence-electron chi connectivity index (χ1n) is 9.63. The molecule has 164 valence electrons. The van der Waals surface area contributed by atoms with Gasteiger partial charge in [-0.2, -0.15) is 0 Å². The van der Waals surface area contributed by atoms with Gasteiger partial charge in [0.25, 0.3) is 0 Å². The number of nitrogens with zero attached hydrogens (tertiary/aromatic N) is 3. The van der Waals surface area contributed by atoms with Gasteiger partial charge in [0.2, 0.25) is 5.91 Å². The molecule has 1 heterocycles. The minimum Gasteiger partial charge on any atom is -0.493 e. The summed E-state index contributed by atoms with van der Waals surface area (Å²) in [6, 6.07) is 9.70. The summed E-state index contributed by atoms with van der Waals surface area (Å²) in [5, 5.41) is 11.9. The van der Waals surface area contributed by atoms with Crippen molar-refractivity contribution in [1.29, 1.82) is 0 Å². The maximum absolute atomic E-state index is 12.4. The number of aromatic nitrogens is 3. The molecule has 0 saturated heterocycles. The molecule has 31 heavy (non-hydrogen) atoms. The normalized spacial score (nSPS) is 10.8. The predicted octanol–water partition coefficient (Wildman–Crippen LogP) is 4.82. The molecule has 0 atom stereocenters. The van der Waals surface area contributed by atoms with Gasteiger partial charge in [0.15, 0.2) is 22.5 Å². The molecule has 7 nitrogen and oxygen atoms in total. The lowest BCUT2D eigenvalue weighted by Gasteiger charge is -2.11. The quantitative estimate of drug-likeness (QED) is 0.443. The van der Waals surface area contributed by atoms with E-state index in [0.29, 0.717) is 22.5 Å². The zero-order valence-electron chi connectivity index (χ0n) is 18.2. The van der Waals surface area contributed by atoms with Crippen LogP contribution >= 0.6 is 27.7 Å². The smallest absolute Gasteiger partial charge is 0.234 e. The molecule has 1 N–H and O–H groups in total. The number of aryl methyl sites for hydroxylation is 3. The van der Waals surface area contributed by atoms with Crippen molar-refractivity contribution in [2.75, 3.05) is 18.2 Å². The molecule has 0 bridgehead atoms. The lowest BCUT2D eigenvalue weighted by Crippen LogP contribution is -2.15. The number of hydrogen-bond donors (Lipinski definition) is 1. The van der Waals surface area contributed by atoms with Gasteiger partial charge in [0, 0.05) is 11.5 Å². The van der Waals surface area contributed by atoms with Crippen LogP contribution in [0.15, 0.2) is 40.0 Å². The molecule has 0 fully saturated rings. The zero-order chi connectivity index (χ0) is 22.5. The number of hydrogen-bond acceptors (Lipinski definition) is 6. The Bertz CT molecular complexity index is 1100. The number of benzene rings is 2. The number of nitrogens with one attached hydrogen (secondary N) is 1. The molecule has 0 aliphatic rings. The number of methoxy groups -OCH3 is 1. The largest absolute Gasteiger partial charge is 0.493 e. The van der Waals surface area contributed by atoms with Crippen LogP contribution in [-0.2, 0) is 18.4 Å². The molecule has 0 radical (unpaired) electrons. The van der Waals surface area contributed by atoms with Crippen molar-refractivity contribution >= 4 is 39.3 Å². The highest BCUT2D eigenvalue weighted by Gasteiger charge is 2.14. The molecule has 1 amide bonds. The minimum absolute atomic E-state index is 0.112. The van der Waals surface area contributed by atoms with Gasteiger partial charge in [0.1, 0.15) is 6.61 Å². The van der Waals surface area contributed by atoms with Gasteiger partial charge in [0.05, 0.1) is 18.6 Å². The molecule has 0 aliphatic heterocycles. The molecule has 3 rings (SSSR count). The lowest BCUT2D eigenvalue weighted by atomic mass is 10.1. The number of carbonyl (C=O) groups excluding carboxylic acids is 1. The monoisotopic (exact) mass is 504 g/mol. The summed E-state index contributed by atoms with van der Waals surface area (Å²) in [6.45, 7) is 6.28. The summed E-state index contributed by atoms with van der Waals surface area (Å²) >= 11 is 4.82. The Morgan fingerprint density at radius 3 is 2.61 bits per heavy atom. The molecule has 3 aromatic rings. The molecule has 0 saturated carbocycles. The van der Waals surface area contributed by atoms with Gasteiger partial charge in [-0.25, -0.2) is 0 Å². The van der Waals surface area contributed by atoms with Crippen LogP contribution < -0.4 is 14.8 Å². The van der Waals surface area contributed by atoms with E-state index in [1.54, 1.807) is 7.11 Å². The molecular weight excluding hydrogens is 480 g/mol. The highest BCUT2D eigenvalue weighted by atomic mass is 79.9. The predicted molar refractivity (Wildman–Crippen MR) is 126 cm³/mol. The molecule has 9 heteroatoms. The van der Waals surface area contributed by atoms with Crippen LogP contribution in [0.3, 0.4) is 0 Å². The SMILES string of the molecule is COc1cc(C)ccc1OCc1nnc(SCC(=O)Nc2cc(C)c(C)cc2Br)n1C. The fourth-order valence-corrected chi connectivity index (χ4v) is 4.11. The van der Waals surface area contributed by atoms with E-state index < -0.39 is 0 Å². The summed E-state index contributed by atoms with van der Waals surface area (Å²) in [7, 11) is 3.46. The van der Waals surface area contributed by atoms with E-state index in [1.807, 2.05) is 62.7 Å². The van der Waals surface area contributed by atoms with E-state index in [0.717, 1.165) is 26.9 Å². The van der Waals surface area contributed by atoms with Crippen LogP contribution in [0.2, 0.25) is 0 Å². The second-order valence-electron chi connectivity index (χ2n) is 7.15. The van der Waals surface area contributed by atoms with Crippen molar-refractivity contribution in [2.24, 2.45) is 7.05 Å². The number of amides is 1. The molecule has 0 aliphatic carbocycles. The van der Waals surface area contributed by atoms with Gasteiger partial charge in [-0.1, -0.05) is 17.8 Å². The van der Waals surface area contributed by atoms with E-state index in [-0.39, 0.29) is 18.3 Å². The molecular formula is C22H25BrN4O3S. The number of halogens is 1. The average molecular weight is 505 g/mol. The number of rotatable bonds is 8. The number of anilines is 1. The van der Waals surface area contributed by atoms with Crippen molar-refractivity contribution in [1.82, 2.24) is 14.8 Å². The Kier molecular flexibility index (Phi) is 7.61. The second-order valence-corrected chi connectivity index (χ2v) is 8.95.